The number of benzene rings is 3. The summed E-state index contributed by atoms with van der Waals surface area (Å²) in [5, 5.41) is 0. The molecular weight excluding hydrogens is 338 g/mol. The second kappa shape index (κ2) is 8.87. The SMILES string of the molecule is NCc1ccc(CN(Cc2cccc(Oc3ccccc3)c2)C(N)=O)cc1. The van der Waals surface area contributed by atoms with E-state index in [1.807, 2.05) is 78.9 Å². The van der Waals surface area contributed by atoms with Crippen LogP contribution >= 0.6 is 0 Å². The molecule has 0 fully saturated rings. The predicted octanol–water partition coefficient (Wildman–Crippen LogP) is 4.02. The van der Waals surface area contributed by atoms with Gasteiger partial charge in [-0.15, -0.1) is 0 Å². The van der Waals surface area contributed by atoms with Crippen molar-refractivity contribution in [1.29, 1.82) is 0 Å². The summed E-state index contributed by atoms with van der Waals surface area (Å²) in [6.07, 6.45) is 0. The molecule has 0 aliphatic heterocycles. The van der Waals surface area contributed by atoms with Crippen molar-refractivity contribution in [3.63, 3.8) is 0 Å². The van der Waals surface area contributed by atoms with Crippen LogP contribution in [0.1, 0.15) is 16.7 Å². The second-order valence-electron chi connectivity index (χ2n) is 6.28. The topological polar surface area (TPSA) is 81.6 Å². The van der Waals surface area contributed by atoms with E-state index in [0.717, 1.165) is 28.2 Å². The van der Waals surface area contributed by atoms with Gasteiger partial charge in [0.2, 0.25) is 0 Å². The molecule has 3 rings (SSSR count). The number of carbonyl (C=O) groups excluding carboxylic acids is 1. The molecule has 0 atom stereocenters. The molecule has 5 heteroatoms. The summed E-state index contributed by atoms with van der Waals surface area (Å²) in [7, 11) is 0. The van der Waals surface area contributed by atoms with Gasteiger partial charge in [0, 0.05) is 19.6 Å². The highest BCUT2D eigenvalue weighted by atomic mass is 16.5. The van der Waals surface area contributed by atoms with Crippen LogP contribution in [0.25, 0.3) is 0 Å². The molecule has 0 aliphatic carbocycles. The number of ether oxygens (including phenoxy) is 1. The van der Waals surface area contributed by atoms with Crippen molar-refractivity contribution in [2.45, 2.75) is 19.6 Å². The van der Waals surface area contributed by atoms with Gasteiger partial charge in [-0.3, -0.25) is 0 Å². The zero-order valence-electron chi connectivity index (χ0n) is 15.0. The number of primary amides is 1. The van der Waals surface area contributed by atoms with Gasteiger partial charge in [-0.1, -0.05) is 54.6 Å². The average molecular weight is 361 g/mol. The Hall–Kier alpha value is -3.31. The number of nitrogens with zero attached hydrogens (tertiary/aromatic N) is 1. The number of nitrogens with two attached hydrogens (primary N) is 2. The summed E-state index contributed by atoms with van der Waals surface area (Å²) in [4.78, 5) is 13.5. The summed E-state index contributed by atoms with van der Waals surface area (Å²) < 4.78 is 5.86. The maximum Gasteiger partial charge on any atom is 0.315 e. The highest BCUT2D eigenvalue weighted by Crippen LogP contribution is 2.22. The van der Waals surface area contributed by atoms with Gasteiger partial charge in [0.05, 0.1) is 0 Å². The van der Waals surface area contributed by atoms with Crippen molar-refractivity contribution < 1.29 is 9.53 Å². The Labute approximate surface area is 159 Å². The Bertz CT molecular complexity index is 880. The lowest BCUT2D eigenvalue weighted by Gasteiger charge is -2.21. The lowest BCUT2D eigenvalue weighted by molar-refractivity contribution is 0.202. The van der Waals surface area contributed by atoms with E-state index < -0.39 is 6.03 Å². The molecule has 138 valence electrons. The number of amides is 2. The number of para-hydroxylation sites is 1. The molecular formula is C22H23N3O2. The Balaban J connectivity index is 1.70. The van der Waals surface area contributed by atoms with Crippen molar-refractivity contribution in [3.05, 3.63) is 95.6 Å². The van der Waals surface area contributed by atoms with E-state index in [1.54, 1.807) is 4.90 Å². The van der Waals surface area contributed by atoms with Gasteiger partial charge < -0.3 is 21.1 Å². The molecule has 2 amide bonds. The molecule has 0 aromatic heterocycles. The molecule has 0 bridgehead atoms. The summed E-state index contributed by atoms with van der Waals surface area (Å²) in [5.41, 5.74) is 14.2. The van der Waals surface area contributed by atoms with Gasteiger partial charge in [-0.05, 0) is 41.0 Å². The minimum absolute atomic E-state index is 0.403. The second-order valence-corrected chi connectivity index (χ2v) is 6.28. The molecule has 5 nitrogen and oxygen atoms in total. The Kier molecular flexibility index (Phi) is 6.07. The zero-order valence-corrected chi connectivity index (χ0v) is 15.0. The Morgan fingerprint density at radius 2 is 1.41 bits per heavy atom. The molecule has 0 aliphatic rings. The predicted molar refractivity (Wildman–Crippen MR) is 106 cm³/mol. The fourth-order valence-electron chi connectivity index (χ4n) is 2.77. The Morgan fingerprint density at radius 3 is 2.07 bits per heavy atom. The number of urea groups is 1. The van der Waals surface area contributed by atoms with E-state index in [9.17, 15) is 4.79 Å². The van der Waals surface area contributed by atoms with E-state index in [0.29, 0.717) is 19.6 Å². The maximum absolute atomic E-state index is 11.9. The molecule has 0 radical (unpaired) electrons. The molecule has 3 aromatic carbocycles. The monoisotopic (exact) mass is 361 g/mol. The molecule has 3 aromatic rings. The van der Waals surface area contributed by atoms with E-state index in [1.165, 1.54) is 0 Å². The Morgan fingerprint density at radius 1 is 0.778 bits per heavy atom. The van der Waals surface area contributed by atoms with Crippen molar-refractivity contribution in [2.75, 3.05) is 0 Å². The quantitative estimate of drug-likeness (QED) is 0.667. The van der Waals surface area contributed by atoms with Crippen LogP contribution in [-0.4, -0.2) is 10.9 Å². The van der Waals surface area contributed by atoms with Crippen LogP contribution in [0.3, 0.4) is 0 Å². The van der Waals surface area contributed by atoms with Crippen molar-refractivity contribution in [2.24, 2.45) is 11.5 Å². The summed E-state index contributed by atoms with van der Waals surface area (Å²) >= 11 is 0. The van der Waals surface area contributed by atoms with E-state index >= 15 is 0 Å². The zero-order chi connectivity index (χ0) is 19.1. The lowest BCUT2D eigenvalue weighted by atomic mass is 10.1. The summed E-state index contributed by atoms with van der Waals surface area (Å²) in [6, 6.07) is 24.6. The number of carbonyl (C=O) groups is 1. The van der Waals surface area contributed by atoms with Crippen LogP contribution in [-0.2, 0) is 19.6 Å². The highest BCUT2D eigenvalue weighted by Gasteiger charge is 2.12. The van der Waals surface area contributed by atoms with E-state index in [-0.39, 0.29) is 0 Å². The molecule has 4 N–H and O–H groups in total. The fraction of sp³-hybridized carbons (Fsp3) is 0.136. The lowest BCUT2D eigenvalue weighted by Crippen LogP contribution is -2.34. The van der Waals surface area contributed by atoms with Gasteiger partial charge in [0.1, 0.15) is 11.5 Å². The number of rotatable bonds is 7. The van der Waals surface area contributed by atoms with E-state index in [4.69, 9.17) is 16.2 Å². The van der Waals surface area contributed by atoms with Crippen LogP contribution in [0.5, 0.6) is 11.5 Å². The summed E-state index contributed by atoms with van der Waals surface area (Å²) in [5.74, 6) is 1.48. The normalized spacial score (nSPS) is 10.4. The van der Waals surface area contributed by atoms with Crippen molar-refractivity contribution >= 4 is 6.03 Å². The molecule has 0 heterocycles. The average Bonchev–Trinajstić information content (AvgIpc) is 2.69. The third-order valence-corrected chi connectivity index (χ3v) is 4.19. The molecule has 0 unspecified atom stereocenters. The fourth-order valence-corrected chi connectivity index (χ4v) is 2.77. The van der Waals surface area contributed by atoms with Gasteiger partial charge in [0.25, 0.3) is 0 Å². The van der Waals surface area contributed by atoms with Gasteiger partial charge in [0.15, 0.2) is 0 Å². The highest BCUT2D eigenvalue weighted by molar-refractivity contribution is 5.72. The minimum Gasteiger partial charge on any atom is -0.457 e. The first-order chi connectivity index (χ1) is 13.1. The standard InChI is InChI=1S/C22H23N3O2/c23-14-17-9-11-18(12-10-17)15-25(22(24)26)16-19-5-4-8-21(13-19)27-20-6-2-1-3-7-20/h1-13H,14-16,23H2,(H2,24,26). The summed E-state index contributed by atoms with van der Waals surface area (Å²) in [6.45, 7) is 1.33. The van der Waals surface area contributed by atoms with Gasteiger partial charge in [-0.25, -0.2) is 4.79 Å². The van der Waals surface area contributed by atoms with Crippen LogP contribution in [0.4, 0.5) is 4.79 Å². The molecule has 0 saturated heterocycles. The molecule has 0 saturated carbocycles. The largest absolute Gasteiger partial charge is 0.457 e. The van der Waals surface area contributed by atoms with Crippen LogP contribution in [0.2, 0.25) is 0 Å². The first kappa shape index (κ1) is 18.5. The van der Waals surface area contributed by atoms with Gasteiger partial charge >= 0.3 is 6.03 Å². The smallest absolute Gasteiger partial charge is 0.315 e. The molecule has 27 heavy (non-hydrogen) atoms. The number of hydrogen-bond donors (Lipinski definition) is 2. The molecule has 0 spiro atoms. The first-order valence-electron chi connectivity index (χ1n) is 8.78. The van der Waals surface area contributed by atoms with Crippen LogP contribution in [0.15, 0.2) is 78.9 Å². The van der Waals surface area contributed by atoms with E-state index in [2.05, 4.69) is 0 Å². The first-order valence-corrected chi connectivity index (χ1v) is 8.78. The third-order valence-electron chi connectivity index (χ3n) is 4.19. The third kappa shape index (κ3) is 5.33. The minimum atomic E-state index is -0.465. The van der Waals surface area contributed by atoms with Gasteiger partial charge in [-0.2, -0.15) is 0 Å². The number of hydrogen-bond acceptors (Lipinski definition) is 3. The van der Waals surface area contributed by atoms with Crippen molar-refractivity contribution in [3.8, 4) is 11.5 Å². The van der Waals surface area contributed by atoms with Crippen LogP contribution < -0.4 is 16.2 Å². The van der Waals surface area contributed by atoms with Crippen LogP contribution in [0, 0.1) is 0 Å². The van der Waals surface area contributed by atoms with Crippen molar-refractivity contribution in [1.82, 2.24) is 4.90 Å². The maximum atomic E-state index is 11.9.